The van der Waals surface area contributed by atoms with E-state index in [9.17, 15) is 4.39 Å². The van der Waals surface area contributed by atoms with Gasteiger partial charge >= 0.3 is 0 Å². The summed E-state index contributed by atoms with van der Waals surface area (Å²) < 4.78 is 22.2. The monoisotopic (exact) mass is 242 g/mol. The molecule has 0 bridgehead atoms. The first kappa shape index (κ1) is 13.0. The van der Waals surface area contributed by atoms with Crippen LogP contribution in [0.5, 0.6) is 5.88 Å². The van der Waals surface area contributed by atoms with E-state index < -0.39 is 5.82 Å². The number of nitrogens with zero attached hydrogens (tertiary/aromatic N) is 2. The largest absolute Gasteiger partial charge is 0.481 e. The summed E-state index contributed by atoms with van der Waals surface area (Å²) in [6.07, 6.45) is 2.68. The first-order chi connectivity index (χ1) is 7.42. The normalized spacial score (nSPS) is 12.1. The summed E-state index contributed by atoms with van der Waals surface area (Å²) in [6.45, 7) is 6.15. The molecule has 0 aliphatic heterocycles. The minimum atomic E-state index is -0.400. The maximum absolute atomic E-state index is 13.0. The molecule has 0 unspecified atom stereocenters. The van der Waals surface area contributed by atoms with E-state index in [2.05, 4.69) is 30.2 Å². The standard InChI is InChI=1S/C11H15FN2OS/c1-11(2,3)16-14-6-8-5-9(12)7-13-10(8)15-4/h5-7H,1-4H3/b14-6+. The molecule has 0 radical (unpaired) electrons. The lowest BCUT2D eigenvalue weighted by molar-refractivity contribution is 0.395. The summed E-state index contributed by atoms with van der Waals surface area (Å²) >= 11 is 1.42. The van der Waals surface area contributed by atoms with E-state index in [0.29, 0.717) is 11.4 Å². The molecule has 5 heteroatoms. The zero-order valence-corrected chi connectivity index (χ0v) is 10.6. The lowest BCUT2D eigenvalue weighted by Gasteiger charge is -2.12. The Morgan fingerprint density at radius 3 is 2.75 bits per heavy atom. The first-order valence-electron chi connectivity index (χ1n) is 4.83. The number of hydrogen-bond acceptors (Lipinski definition) is 4. The van der Waals surface area contributed by atoms with Crippen molar-refractivity contribution in [2.45, 2.75) is 25.5 Å². The Labute approximate surface area is 99.3 Å². The molecule has 16 heavy (non-hydrogen) atoms. The van der Waals surface area contributed by atoms with Crippen LogP contribution in [0.2, 0.25) is 0 Å². The second-order valence-corrected chi connectivity index (χ2v) is 5.81. The van der Waals surface area contributed by atoms with Crippen LogP contribution in [0.15, 0.2) is 16.7 Å². The van der Waals surface area contributed by atoms with E-state index in [0.717, 1.165) is 6.20 Å². The van der Waals surface area contributed by atoms with Gasteiger partial charge < -0.3 is 4.74 Å². The summed E-state index contributed by atoms with van der Waals surface area (Å²) in [4.78, 5) is 3.81. The Balaban J connectivity index is 2.83. The van der Waals surface area contributed by atoms with E-state index >= 15 is 0 Å². The van der Waals surface area contributed by atoms with Crippen molar-refractivity contribution in [3.8, 4) is 5.88 Å². The van der Waals surface area contributed by atoms with Gasteiger partial charge in [-0.25, -0.2) is 13.8 Å². The van der Waals surface area contributed by atoms with E-state index in [-0.39, 0.29) is 4.75 Å². The Morgan fingerprint density at radius 2 is 2.19 bits per heavy atom. The highest BCUT2D eigenvalue weighted by Gasteiger charge is 2.10. The topological polar surface area (TPSA) is 34.5 Å². The molecule has 0 spiro atoms. The van der Waals surface area contributed by atoms with Crippen LogP contribution in [0.25, 0.3) is 0 Å². The van der Waals surface area contributed by atoms with Gasteiger partial charge in [-0.2, -0.15) is 0 Å². The Bertz CT molecular complexity index is 388. The van der Waals surface area contributed by atoms with Crippen molar-refractivity contribution < 1.29 is 9.13 Å². The van der Waals surface area contributed by atoms with Crippen LogP contribution in [0.3, 0.4) is 0 Å². The summed E-state index contributed by atoms with van der Waals surface area (Å²) in [5.41, 5.74) is 0.541. The van der Waals surface area contributed by atoms with Crippen molar-refractivity contribution in [3.63, 3.8) is 0 Å². The van der Waals surface area contributed by atoms with Crippen LogP contribution in [0.4, 0.5) is 4.39 Å². The molecule has 1 rings (SSSR count). The van der Waals surface area contributed by atoms with E-state index in [1.807, 2.05) is 0 Å². The molecule has 0 aliphatic carbocycles. The fourth-order valence-electron chi connectivity index (χ4n) is 0.947. The lowest BCUT2D eigenvalue weighted by Crippen LogP contribution is -2.05. The zero-order valence-electron chi connectivity index (χ0n) is 9.82. The molecule has 3 nitrogen and oxygen atoms in total. The van der Waals surface area contributed by atoms with Gasteiger partial charge in [0, 0.05) is 11.0 Å². The van der Waals surface area contributed by atoms with E-state index in [1.165, 1.54) is 25.1 Å². The van der Waals surface area contributed by atoms with Crippen molar-refractivity contribution in [2.24, 2.45) is 4.40 Å². The molecule has 0 amide bonds. The van der Waals surface area contributed by atoms with Crippen LogP contribution in [0.1, 0.15) is 26.3 Å². The van der Waals surface area contributed by atoms with Crippen LogP contribution in [-0.4, -0.2) is 23.1 Å². The van der Waals surface area contributed by atoms with E-state index in [1.54, 1.807) is 6.21 Å². The first-order valence-corrected chi connectivity index (χ1v) is 5.61. The molecule has 0 saturated carbocycles. The molecular formula is C11H15FN2OS. The smallest absolute Gasteiger partial charge is 0.222 e. The highest BCUT2D eigenvalue weighted by molar-refractivity contribution is 7.99. The van der Waals surface area contributed by atoms with Gasteiger partial charge in [-0.1, -0.05) is 0 Å². The lowest BCUT2D eigenvalue weighted by atomic mass is 10.3. The molecule has 1 aromatic rings. The predicted molar refractivity (Wildman–Crippen MR) is 65.7 cm³/mol. The molecule has 1 aromatic heterocycles. The number of hydrogen-bond donors (Lipinski definition) is 0. The summed E-state index contributed by atoms with van der Waals surface area (Å²) in [5, 5.41) is 0. The Kier molecular flexibility index (Phi) is 4.29. The van der Waals surface area contributed by atoms with Crippen molar-refractivity contribution in [1.82, 2.24) is 4.98 Å². The highest BCUT2D eigenvalue weighted by Crippen LogP contribution is 2.24. The second kappa shape index (κ2) is 5.30. The molecule has 0 saturated heterocycles. The number of halogens is 1. The molecule has 88 valence electrons. The number of methoxy groups -OCH3 is 1. The highest BCUT2D eigenvalue weighted by atomic mass is 32.2. The molecule has 0 aromatic carbocycles. The molecule has 0 aliphatic rings. The van der Waals surface area contributed by atoms with Gasteiger partial charge in [0.25, 0.3) is 0 Å². The number of ether oxygens (including phenoxy) is 1. The third-order valence-electron chi connectivity index (χ3n) is 1.56. The van der Waals surface area contributed by atoms with Crippen molar-refractivity contribution in [2.75, 3.05) is 7.11 Å². The van der Waals surface area contributed by atoms with Crippen LogP contribution in [0, 0.1) is 5.82 Å². The fraction of sp³-hybridized carbons (Fsp3) is 0.455. The molecule has 0 N–H and O–H groups in total. The zero-order chi connectivity index (χ0) is 12.2. The average Bonchev–Trinajstić information content (AvgIpc) is 2.16. The van der Waals surface area contributed by atoms with Gasteiger partial charge in [-0.05, 0) is 38.8 Å². The maximum atomic E-state index is 13.0. The van der Waals surface area contributed by atoms with Crippen molar-refractivity contribution in [3.05, 3.63) is 23.6 Å². The molecule has 0 atom stereocenters. The summed E-state index contributed by atoms with van der Waals surface area (Å²) in [6, 6.07) is 1.35. The Morgan fingerprint density at radius 1 is 1.50 bits per heavy atom. The fourth-order valence-corrected chi connectivity index (χ4v) is 1.43. The van der Waals surface area contributed by atoms with Gasteiger partial charge in [0.2, 0.25) is 5.88 Å². The van der Waals surface area contributed by atoms with Crippen LogP contribution >= 0.6 is 11.9 Å². The maximum Gasteiger partial charge on any atom is 0.222 e. The summed E-state index contributed by atoms with van der Waals surface area (Å²) in [7, 11) is 1.49. The van der Waals surface area contributed by atoms with Gasteiger partial charge in [0.05, 0.1) is 18.9 Å². The van der Waals surface area contributed by atoms with Gasteiger partial charge in [0.15, 0.2) is 0 Å². The number of rotatable bonds is 3. The minimum Gasteiger partial charge on any atom is -0.481 e. The molecular weight excluding hydrogens is 227 g/mol. The third-order valence-corrected chi connectivity index (χ3v) is 2.32. The minimum absolute atomic E-state index is 0.0322. The molecule has 0 fully saturated rings. The van der Waals surface area contributed by atoms with Crippen molar-refractivity contribution in [1.29, 1.82) is 0 Å². The predicted octanol–water partition coefficient (Wildman–Crippen LogP) is 3.09. The van der Waals surface area contributed by atoms with Crippen LogP contribution < -0.4 is 4.74 Å². The Hall–Kier alpha value is -1.10. The summed E-state index contributed by atoms with van der Waals surface area (Å²) in [5.74, 6) is -0.0253. The van der Waals surface area contributed by atoms with Gasteiger partial charge in [-0.3, -0.25) is 0 Å². The quantitative estimate of drug-likeness (QED) is 0.603. The van der Waals surface area contributed by atoms with Gasteiger partial charge in [-0.15, -0.1) is 0 Å². The number of pyridine rings is 1. The number of aromatic nitrogens is 1. The van der Waals surface area contributed by atoms with E-state index in [4.69, 9.17) is 4.74 Å². The second-order valence-electron chi connectivity index (χ2n) is 4.19. The average molecular weight is 242 g/mol. The van der Waals surface area contributed by atoms with Gasteiger partial charge in [0.1, 0.15) is 5.82 Å². The SMILES string of the molecule is COc1ncc(F)cc1/C=N/SC(C)(C)C. The van der Waals surface area contributed by atoms with Crippen molar-refractivity contribution >= 4 is 18.2 Å². The van der Waals surface area contributed by atoms with Crippen LogP contribution in [-0.2, 0) is 0 Å². The third kappa shape index (κ3) is 4.18. The molecule has 1 heterocycles.